The third kappa shape index (κ3) is 7.39. The number of halogens is 2. The summed E-state index contributed by atoms with van der Waals surface area (Å²) in [5.41, 5.74) is 11.9. The Hall–Kier alpha value is -2.73. The fourth-order valence-electron chi connectivity index (χ4n) is 3.08. The van der Waals surface area contributed by atoms with Crippen LogP contribution in [0, 0.1) is 6.92 Å². The van der Waals surface area contributed by atoms with Gasteiger partial charge < -0.3 is 5.73 Å². The molecule has 0 unspecified atom stereocenters. The highest BCUT2D eigenvalue weighted by atomic mass is 35.5. The summed E-state index contributed by atoms with van der Waals surface area (Å²) in [5, 5.41) is 1.40. The molecule has 0 radical (unpaired) electrons. The Balaban J connectivity index is 1.91. The Kier molecular flexibility index (Phi) is 9.01. The predicted molar refractivity (Wildman–Crippen MR) is 143 cm³/mol. The van der Waals surface area contributed by atoms with Crippen LogP contribution in [0.5, 0.6) is 0 Å². The van der Waals surface area contributed by atoms with Gasteiger partial charge >= 0.3 is 0 Å². The van der Waals surface area contributed by atoms with Gasteiger partial charge in [0.1, 0.15) is 0 Å². The van der Waals surface area contributed by atoms with E-state index in [2.05, 4.69) is 15.8 Å². The monoisotopic (exact) mass is 496 g/mol. The molecule has 0 aliphatic heterocycles. The van der Waals surface area contributed by atoms with Crippen molar-refractivity contribution in [2.45, 2.75) is 32.2 Å². The summed E-state index contributed by atoms with van der Waals surface area (Å²) < 4.78 is 3.08. The lowest BCUT2D eigenvalue weighted by Gasteiger charge is -2.14. The summed E-state index contributed by atoms with van der Waals surface area (Å²) in [5.74, 6) is 0.360. The van der Waals surface area contributed by atoms with Crippen molar-refractivity contribution in [1.29, 1.82) is 0 Å². The number of benzene rings is 2. The summed E-state index contributed by atoms with van der Waals surface area (Å²) in [4.78, 5) is 10.5. The molecule has 0 saturated heterocycles. The highest BCUT2D eigenvalue weighted by molar-refractivity contribution is 7.98. The maximum atomic E-state index is 6.11. The number of guanidine groups is 1. The summed E-state index contributed by atoms with van der Waals surface area (Å²) in [7, 11) is 0. The Morgan fingerprint density at radius 3 is 2.45 bits per heavy atom. The molecule has 0 fully saturated rings. The summed E-state index contributed by atoms with van der Waals surface area (Å²) in [6.07, 6.45) is 3.85. The normalized spacial score (nSPS) is 12.7. The highest BCUT2D eigenvalue weighted by Crippen LogP contribution is 2.31. The van der Waals surface area contributed by atoms with E-state index >= 15 is 0 Å². The number of rotatable bonds is 7. The molecule has 0 bridgehead atoms. The van der Waals surface area contributed by atoms with Crippen molar-refractivity contribution in [2.24, 2.45) is 10.7 Å². The minimum Gasteiger partial charge on any atom is -0.369 e. The molecular formula is C26H26Cl2N4S. The molecule has 170 valence electrons. The van der Waals surface area contributed by atoms with Crippen molar-refractivity contribution >= 4 is 46.7 Å². The first-order chi connectivity index (χ1) is 15.8. The van der Waals surface area contributed by atoms with Crippen LogP contribution in [0.2, 0.25) is 5.02 Å². The Labute approximate surface area is 209 Å². The average Bonchev–Trinajstić information content (AvgIpc) is 2.81. The van der Waals surface area contributed by atoms with Crippen LogP contribution < -0.4 is 10.5 Å². The molecule has 33 heavy (non-hydrogen) atoms. The molecule has 3 aromatic rings. The largest absolute Gasteiger partial charge is 0.369 e. The molecule has 1 aromatic heterocycles. The lowest BCUT2D eigenvalue weighted by molar-refractivity contribution is 0.991. The molecule has 0 saturated carbocycles. The number of nitrogens with two attached hydrogens (primary N) is 1. The van der Waals surface area contributed by atoms with Crippen LogP contribution in [-0.2, 0) is 6.54 Å². The Morgan fingerprint density at radius 1 is 1.09 bits per heavy atom. The van der Waals surface area contributed by atoms with Crippen molar-refractivity contribution in [1.82, 2.24) is 9.71 Å². The fourth-order valence-corrected chi connectivity index (χ4v) is 3.85. The smallest absolute Gasteiger partial charge is 0.199 e. The van der Waals surface area contributed by atoms with E-state index in [0.29, 0.717) is 22.6 Å². The van der Waals surface area contributed by atoms with Gasteiger partial charge in [0, 0.05) is 26.2 Å². The van der Waals surface area contributed by atoms with Gasteiger partial charge in [-0.15, -0.1) is 0 Å². The van der Waals surface area contributed by atoms with Gasteiger partial charge in [0.05, 0.1) is 12.2 Å². The van der Waals surface area contributed by atoms with E-state index in [-0.39, 0.29) is 0 Å². The molecule has 0 atom stereocenters. The van der Waals surface area contributed by atoms with Gasteiger partial charge in [-0.1, -0.05) is 59.6 Å². The number of nitrogens with zero attached hydrogens (tertiary/aromatic N) is 2. The first kappa shape index (κ1) is 24.9. The van der Waals surface area contributed by atoms with E-state index < -0.39 is 0 Å². The molecule has 0 aliphatic rings. The van der Waals surface area contributed by atoms with Gasteiger partial charge in [-0.2, -0.15) is 0 Å². The average molecular weight is 497 g/mol. The van der Waals surface area contributed by atoms with Crippen LogP contribution in [-0.4, -0.2) is 10.9 Å². The minimum atomic E-state index is 0.360. The number of aryl methyl sites for hydroxylation is 1. The van der Waals surface area contributed by atoms with Crippen molar-refractivity contribution in [3.8, 4) is 11.1 Å². The van der Waals surface area contributed by atoms with Gasteiger partial charge in [-0.3, -0.25) is 9.71 Å². The maximum absolute atomic E-state index is 6.11. The second kappa shape index (κ2) is 11.9. The summed E-state index contributed by atoms with van der Waals surface area (Å²) in [6.45, 7) is 6.27. The topological polar surface area (TPSA) is 63.3 Å². The molecule has 0 amide bonds. The first-order valence-electron chi connectivity index (χ1n) is 10.4. The lowest BCUT2D eigenvalue weighted by Crippen LogP contribution is -2.26. The zero-order valence-electron chi connectivity index (χ0n) is 18.8. The molecule has 0 spiro atoms. The molecule has 0 aliphatic carbocycles. The zero-order chi connectivity index (χ0) is 23.8. The number of hydrogen-bond acceptors (Lipinski definition) is 3. The van der Waals surface area contributed by atoms with Gasteiger partial charge in [-0.05, 0) is 85.8 Å². The third-order valence-electron chi connectivity index (χ3n) is 4.85. The predicted octanol–water partition coefficient (Wildman–Crippen LogP) is 7.37. The molecule has 3 rings (SSSR count). The summed E-state index contributed by atoms with van der Waals surface area (Å²) in [6, 6.07) is 19.8. The van der Waals surface area contributed by atoms with Gasteiger partial charge in [-0.25, -0.2) is 4.99 Å². The van der Waals surface area contributed by atoms with E-state index in [1.807, 2.05) is 87.5 Å². The molecule has 4 nitrogen and oxygen atoms in total. The number of aromatic nitrogens is 1. The van der Waals surface area contributed by atoms with Crippen LogP contribution in [0.3, 0.4) is 0 Å². The number of allylic oxidation sites excluding steroid dienone is 4. The van der Waals surface area contributed by atoms with Crippen molar-refractivity contribution < 1.29 is 0 Å². The highest BCUT2D eigenvalue weighted by Gasteiger charge is 2.13. The van der Waals surface area contributed by atoms with Crippen molar-refractivity contribution in [2.75, 3.05) is 0 Å². The van der Waals surface area contributed by atoms with Gasteiger partial charge in [0.25, 0.3) is 0 Å². The number of nitrogens with one attached hydrogen (secondary N) is 1. The van der Waals surface area contributed by atoms with E-state index in [1.54, 1.807) is 0 Å². The first-order valence-corrected chi connectivity index (χ1v) is 12.0. The molecule has 7 heteroatoms. The van der Waals surface area contributed by atoms with Crippen LogP contribution in [0.1, 0.15) is 30.8 Å². The van der Waals surface area contributed by atoms with E-state index in [4.69, 9.17) is 33.9 Å². The van der Waals surface area contributed by atoms with E-state index in [1.165, 1.54) is 11.9 Å². The quantitative estimate of drug-likeness (QED) is 0.155. The number of pyridine rings is 1. The minimum absolute atomic E-state index is 0.360. The van der Waals surface area contributed by atoms with Crippen molar-refractivity contribution in [3.63, 3.8) is 0 Å². The second-order valence-electron chi connectivity index (χ2n) is 7.46. The van der Waals surface area contributed by atoms with E-state index in [0.717, 1.165) is 38.5 Å². The van der Waals surface area contributed by atoms with Gasteiger partial charge in [0.15, 0.2) is 5.96 Å². The zero-order valence-corrected chi connectivity index (χ0v) is 21.1. The lowest BCUT2D eigenvalue weighted by atomic mass is 9.97. The van der Waals surface area contributed by atoms with E-state index in [9.17, 15) is 0 Å². The van der Waals surface area contributed by atoms with Crippen LogP contribution in [0.25, 0.3) is 16.7 Å². The standard InChI is InChI=1S/C26H26Cl2N4S/c1-17(9-10-18(2)27)25-24(20-11-13-22(28)14-12-20)15-21(19(3)31-25)16-30-26(29)32-33-23-7-5-4-6-8-23/h4-15H,16H2,1-3H3,(H3,29,30,32)/b17-9+,18-10+. The molecule has 3 N–H and O–H groups in total. The SMILES string of the molecule is C/C(Cl)=C\C=C(/C)c1nc(C)c(CN=C(N)NSc2ccccc2)cc1-c1ccc(Cl)cc1. The molecular weight excluding hydrogens is 471 g/mol. The number of aliphatic imine (C=N–C) groups is 1. The maximum Gasteiger partial charge on any atom is 0.199 e. The summed E-state index contributed by atoms with van der Waals surface area (Å²) >= 11 is 13.6. The van der Waals surface area contributed by atoms with Crippen LogP contribution in [0.15, 0.2) is 87.7 Å². The third-order valence-corrected chi connectivity index (χ3v) is 6.04. The number of hydrogen-bond donors (Lipinski definition) is 2. The molecule has 1 heterocycles. The van der Waals surface area contributed by atoms with Crippen molar-refractivity contribution in [3.05, 3.63) is 99.8 Å². The Bertz CT molecular complexity index is 1180. The van der Waals surface area contributed by atoms with Crippen LogP contribution >= 0.6 is 35.1 Å². The molecule has 2 aromatic carbocycles. The fraction of sp³-hybridized carbons (Fsp3) is 0.154. The van der Waals surface area contributed by atoms with Crippen LogP contribution in [0.4, 0.5) is 0 Å². The second-order valence-corrected chi connectivity index (χ2v) is 9.37. The van der Waals surface area contributed by atoms with Gasteiger partial charge in [0.2, 0.25) is 0 Å². The Morgan fingerprint density at radius 2 is 1.79 bits per heavy atom.